The van der Waals surface area contributed by atoms with Gasteiger partial charge in [-0.1, -0.05) is 12.1 Å². The molecule has 27 heavy (non-hydrogen) atoms. The SMILES string of the molecule is CN=C(NCCCOC1CCOCC1)N1CCN(c2ccccc2O)CC1. The average molecular weight is 377 g/mol. The molecule has 2 fully saturated rings. The lowest BCUT2D eigenvalue weighted by Gasteiger charge is -2.37. The third-order valence-electron chi connectivity index (χ3n) is 5.14. The molecule has 2 N–H and O–H groups in total. The first-order valence-electron chi connectivity index (χ1n) is 9.96. The Kier molecular flexibility index (Phi) is 7.59. The lowest BCUT2D eigenvalue weighted by molar-refractivity contribution is -0.0320. The van der Waals surface area contributed by atoms with Crippen LogP contribution in [0, 0.1) is 0 Å². The molecule has 2 aliphatic heterocycles. The van der Waals surface area contributed by atoms with Crippen molar-refractivity contribution in [2.75, 3.05) is 64.5 Å². The number of aromatic hydroxyl groups is 1. The van der Waals surface area contributed by atoms with E-state index in [1.165, 1.54) is 0 Å². The van der Waals surface area contributed by atoms with Crippen molar-refractivity contribution in [2.24, 2.45) is 4.99 Å². The molecule has 0 radical (unpaired) electrons. The molecule has 7 heteroatoms. The maximum absolute atomic E-state index is 10.0. The normalized spacial score (nSPS) is 19.4. The number of hydrogen-bond donors (Lipinski definition) is 2. The van der Waals surface area contributed by atoms with Gasteiger partial charge in [0.25, 0.3) is 0 Å². The zero-order chi connectivity index (χ0) is 18.9. The van der Waals surface area contributed by atoms with Crippen LogP contribution in [0.25, 0.3) is 0 Å². The summed E-state index contributed by atoms with van der Waals surface area (Å²) in [7, 11) is 1.83. The molecule has 2 saturated heterocycles. The number of hydrogen-bond acceptors (Lipinski definition) is 5. The van der Waals surface area contributed by atoms with Crippen LogP contribution in [0.15, 0.2) is 29.3 Å². The van der Waals surface area contributed by atoms with E-state index >= 15 is 0 Å². The number of piperazine rings is 1. The Morgan fingerprint density at radius 3 is 2.67 bits per heavy atom. The standard InChI is InChI=1S/C20H32N4O3/c1-21-20(22-9-4-14-27-17-7-15-26-16-8-17)24-12-10-23(11-13-24)18-5-2-3-6-19(18)25/h2-3,5-6,17,25H,4,7-16H2,1H3,(H,21,22). The van der Waals surface area contributed by atoms with E-state index in [2.05, 4.69) is 20.1 Å². The number of para-hydroxylation sites is 2. The summed E-state index contributed by atoms with van der Waals surface area (Å²) in [6.45, 7) is 6.77. The van der Waals surface area contributed by atoms with Crippen molar-refractivity contribution in [1.29, 1.82) is 0 Å². The zero-order valence-corrected chi connectivity index (χ0v) is 16.3. The van der Waals surface area contributed by atoms with Crippen LogP contribution in [0.3, 0.4) is 0 Å². The zero-order valence-electron chi connectivity index (χ0n) is 16.3. The number of anilines is 1. The first kappa shape index (κ1) is 19.8. The molecular weight excluding hydrogens is 344 g/mol. The molecule has 0 saturated carbocycles. The Morgan fingerprint density at radius 1 is 1.22 bits per heavy atom. The molecule has 0 unspecified atom stereocenters. The van der Waals surface area contributed by atoms with E-state index in [1.807, 2.05) is 25.2 Å². The van der Waals surface area contributed by atoms with E-state index in [0.29, 0.717) is 11.9 Å². The second-order valence-electron chi connectivity index (χ2n) is 6.97. The minimum Gasteiger partial charge on any atom is -0.506 e. The van der Waals surface area contributed by atoms with Gasteiger partial charge in [-0.3, -0.25) is 4.99 Å². The van der Waals surface area contributed by atoms with E-state index in [9.17, 15) is 5.11 Å². The highest BCUT2D eigenvalue weighted by atomic mass is 16.5. The third kappa shape index (κ3) is 5.74. The van der Waals surface area contributed by atoms with Gasteiger partial charge >= 0.3 is 0 Å². The Hall–Kier alpha value is -1.99. The molecule has 0 atom stereocenters. The van der Waals surface area contributed by atoms with E-state index in [1.54, 1.807) is 6.07 Å². The van der Waals surface area contributed by atoms with Crippen molar-refractivity contribution in [2.45, 2.75) is 25.4 Å². The lowest BCUT2D eigenvalue weighted by Crippen LogP contribution is -2.52. The highest BCUT2D eigenvalue weighted by Gasteiger charge is 2.21. The maximum atomic E-state index is 10.0. The van der Waals surface area contributed by atoms with Crippen molar-refractivity contribution >= 4 is 11.6 Å². The van der Waals surface area contributed by atoms with Crippen LogP contribution >= 0.6 is 0 Å². The summed E-state index contributed by atoms with van der Waals surface area (Å²) in [6, 6.07) is 7.53. The fraction of sp³-hybridized carbons (Fsp3) is 0.650. The number of nitrogens with zero attached hydrogens (tertiary/aromatic N) is 3. The summed E-state index contributed by atoms with van der Waals surface area (Å²) in [5.74, 6) is 1.29. The first-order chi connectivity index (χ1) is 13.3. The van der Waals surface area contributed by atoms with E-state index in [0.717, 1.165) is 83.5 Å². The number of benzene rings is 1. The van der Waals surface area contributed by atoms with Crippen molar-refractivity contribution < 1.29 is 14.6 Å². The monoisotopic (exact) mass is 376 g/mol. The second-order valence-corrected chi connectivity index (χ2v) is 6.97. The van der Waals surface area contributed by atoms with Crippen molar-refractivity contribution in [1.82, 2.24) is 10.2 Å². The van der Waals surface area contributed by atoms with Crippen LogP contribution in [-0.2, 0) is 9.47 Å². The number of phenols is 1. The Morgan fingerprint density at radius 2 is 1.96 bits per heavy atom. The van der Waals surface area contributed by atoms with Crippen molar-refractivity contribution in [3.05, 3.63) is 24.3 Å². The van der Waals surface area contributed by atoms with Crippen LogP contribution in [0.1, 0.15) is 19.3 Å². The number of aliphatic imine (C=N–C) groups is 1. The molecule has 3 rings (SSSR count). The van der Waals surface area contributed by atoms with E-state index in [4.69, 9.17) is 9.47 Å². The summed E-state index contributed by atoms with van der Waals surface area (Å²) in [5, 5.41) is 13.5. The molecule has 1 aromatic carbocycles. The van der Waals surface area contributed by atoms with Gasteiger partial charge in [-0.2, -0.15) is 0 Å². The number of guanidine groups is 1. The quantitative estimate of drug-likeness (QED) is 0.447. The molecule has 0 bridgehead atoms. The molecule has 0 amide bonds. The second kappa shape index (κ2) is 10.4. The predicted octanol–water partition coefficient (Wildman–Crippen LogP) is 1.68. The summed E-state index contributed by atoms with van der Waals surface area (Å²) in [6.07, 6.45) is 3.35. The van der Waals surface area contributed by atoms with Crippen LogP contribution < -0.4 is 10.2 Å². The van der Waals surface area contributed by atoms with Gasteiger partial charge in [0.05, 0.1) is 11.8 Å². The van der Waals surface area contributed by atoms with Gasteiger partial charge in [-0.05, 0) is 31.4 Å². The first-order valence-corrected chi connectivity index (χ1v) is 9.96. The molecule has 1 aromatic rings. The van der Waals surface area contributed by atoms with E-state index in [-0.39, 0.29) is 0 Å². The molecule has 0 aliphatic carbocycles. The smallest absolute Gasteiger partial charge is 0.193 e. The van der Waals surface area contributed by atoms with Gasteiger partial charge in [-0.15, -0.1) is 0 Å². The Bertz CT molecular complexity index is 597. The lowest BCUT2D eigenvalue weighted by atomic mass is 10.1. The Balaban J connectivity index is 1.35. The van der Waals surface area contributed by atoms with Crippen LogP contribution in [0.5, 0.6) is 5.75 Å². The topological polar surface area (TPSA) is 69.6 Å². The molecule has 0 aromatic heterocycles. The number of phenolic OH excluding ortho intramolecular Hbond substituents is 1. The average Bonchev–Trinajstić information content (AvgIpc) is 2.72. The van der Waals surface area contributed by atoms with Gasteiger partial charge in [0.15, 0.2) is 5.96 Å². The third-order valence-corrected chi connectivity index (χ3v) is 5.14. The van der Waals surface area contributed by atoms with Crippen LogP contribution in [0.2, 0.25) is 0 Å². The maximum Gasteiger partial charge on any atom is 0.193 e. The Labute approximate surface area is 162 Å². The molecule has 7 nitrogen and oxygen atoms in total. The van der Waals surface area contributed by atoms with Gasteiger partial charge in [0, 0.05) is 59.6 Å². The molecule has 2 heterocycles. The summed E-state index contributed by atoms with van der Waals surface area (Å²) >= 11 is 0. The van der Waals surface area contributed by atoms with Crippen molar-refractivity contribution in [3.63, 3.8) is 0 Å². The summed E-state index contributed by atoms with van der Waals surface area (Å²) in [4.78, 5) is 8.92. The minimum atomic E-state index is 0.345. The minimum absolute atomic E-state index is 0.345. The van der Waals surface area contributed by atoms with E-state index < -0.39 is 0 Å². The number of ether oxygens (including phenoxy) is 2. The predicted molar refractivity (Wildman–Crippen MR) is 108 cm³/mol. The van der Waals surface area contributed by atoms with Gasteiger partial charge in [0.1, 0.15) is 5.75 Å². The fourth-order valence-electron chi connectivity index (χ4n) is 3.59. The highest BCUT2D eigenvalue weighted by molar-refractivity contribution is 5.80. The molecular formula is C20H32N4O3. The highest BCUT2D eigenvalue weighted by Crippen LogP contribution is 2.27. The largest absolute Gasteiger partial charge is 0.506 e. The van der Waals surface area contributed by atoms with Crippen LogP contribution in [-0.4, -0.2) is 81.7 Å². The summed E-state index contributed by atoms with van der Waals surface area (Å²) in [5.41, 5.74) is 0.908. The number of rotatable bonds is 6. The van der Waals surface area contributed by atoms with Crippen molar-refractivity contribution in [3.8, 4) is 5.75 Å². The molecule has 0 spiro atoms. The van der Waals surface area contributed by atoms with Gasteiger partial charge in [-0.25, -0.2) is 0 Å². The van der Waals surface area contributed by atoms with Gasteiger partial charge in [0.2, 0.25) is 0 Å². The van der Waals surface area contributed by atoms with Gasteiger partial charge < -0.3 is 29.7 Å². The number of nitrogens with one attached hydrogen (secondary N) is 1. The fourth-order valence-corrected chi connectivity index (χ4v) is 3.59. The summed E-state index contributed by atoms with van der Waals surface area (Å²) < 4.78 is 11.3. The molecule has 2 aliphatic rings. The molecule has 150 valence electrons. The van der Waals surface area contributed by atoms with Crippen LogP contribution in [0.4, 0.5) is 5.69 Å².